The number of hydrazone groups is 1. The number of nitrogens with one attached hydrogen (secondary N) is 2. The first-order chi connectivity index (χ1) is 12.6. The Morgan fingerprint density at radius 2 is 2.12 bits per heavy atom. The second-order valence-electron chi connectivity index (χ2n) is 8.35. The highest BCUT2D eigenvalue weighted by molar-refractivity contribution is 5.81. The van der Waals surface area contributed by atoms with Crippen LogP contribution in [0.15, 0.2) is 40.4 Å². The number of nitrogens with zero attached hydrogens (tertiary/aromatic N) is 2. The molecule has 5 heteroatoms. The monoisotopic (exact) mass is 354 g/mol. The summed E-state index contributed by atoms with van der Waals surface area (Å²) in [5.74, 6) is 1.53. The first kappa shape index (κ1) is 17.5. The summed E-state index contributed by atoms with van der Waals surface area (Å²) in [7, 11) is 0. The molecule has 1 aromatic rings. The average Bonchev–Trinajstić information content (AvgIpc) is 2.94. The Hall–Kier alpha value is -1.88. The van der Waals surface area contributed by atoms with Gasteiger partial charge in [-0.1, -0.05) is 37.3 Å². The summed E-state index contributed by atoms with van der Waals surface area (Å²) in [6, 6.07) is 10.7. The first-order valence-electron chi connectivity index (χ1n) is 9.96. The molecule has 4 atom stereocenters. The second kappa shape index (κ2) is 7.03. The molecule has 1 heterocycles. The first-order valence-corrected chi connectivity index (χ1v) is 9.96. The minimum Gasteiger partial charge on any atom is -0.389 e. The summed E-state index contributed by atoms with van der Waals surface area (Å²) in [5, 5.41) is 19.2. The van der Waals surface area contributed by atoms with E-state index < -0.39 is 5.60 Å². The van der Waals surface area contributed by atoms with E-state index in [0.717, 1.165) is 57.6 Å². The smallest absolute Gasteiger partial charge is 0.212 e. The van der Waals surface area contributed by atoms with Crippen molar-refractivity contribution in [2.24, 2.45) is 21.4 Å². The lowest BCUT2D eigenvalue weighted by Crippen LogP contribution is -2.49. The quantitative estimate of drug-likeness (QED) is 0.577. The van der Waals surface area contributed by atoms with Crippen LogP contribution < -0.4 is 10.7 Å². The highest BCUT2D eigenvalue weighted by Gasteiger charge is 2.58. The molecule has 0 unspecified atom stereocenters. The van der Waals surface area contributed by atoms with Gasteiger partial charge < -0.3 is 10.4 Å². The van der Waals surface area contributed by atoms with Gasteiger partial charge in [-0.3, -0.25) is 4.99 Å². The zero-order valence-electron chi connectivity index (χ0n) is 15.6. The van der Waals surface area contributed by atoms with Crippen molar-refractivity contribution in [1.29, 1.82) is 0 Å². The number of rotatable bonds is 3. The Morgan fingerprint density at radius 1 is 1.27 bits per heavy atom. The van der Waals surface area contributed by atoms with E-state index in [4.69, 9.17) is 0 Å². The molecule has 0 radical (unpaired) electrons. The fourth-order valence-electron chi connectivity index (χ4n) is 5.13. The summed E-state index contributed by atoms with van der Waals surface area (Å²) in [6.07, 6.45) is 7.99. The molecule has 0 bridgehead atoms. The van der Waals surface area contributed by atoms with Crippen LogP contribution in [0.25, 0.3) is 0 Å². The largest absolute Gasteiger partial charge is 0.389 e. The second-order valence-corrected chi connectivity index (χ2v) is 8.35. The lowest BCUT2D eigenvalue weighted by molar-refractivity contribution is -0.0957. The number of hydrogen-bond donors (Lipinski definition) is 3. The molecule has 2 saturated carbocycles. The predicted molar refractivity (Wildman–Crippen MR) is 105 cm³/mol. The topological polar surface area (TPSA) is 69.0 Å². The van der Waals surface area contributed by atoms with Crippen molar-refractivity contribution < 1.29 is 5.11 Å². The zero-order valence-corrected chi connectivity index (χ0v) is 15.6. The van der Waals surface area contributed by atoms with E-state index in [1.54, 1.807) is 0 Å². The molecule has 1 aliphatic heterocycles. The third kappa shape index (κ3) is 3.13. The van der Waals surface area contributed by atoms with Crippen molar-refractivity contribution >= 4 is 12.2 Å². The van der Waals surface area contributed by atoms with Gasteiger partial charge in [0.25, 0.3) is 0 Å². The van der Waals surface area contributed by atoms with Crippen molar-refractivity contribution in [3.05, 3.63) is 35.9 Å². The molecular weight excluding hydrogens is 324 g/mol. The van der Waals surface area contributed by atoms with E-state index in [2.05, 4.69) is 58.1 Å². The molecule has 3 N–H and O–H groups in total. The third-order valence-electron chi connectivity index (χ3n) is 6.94. The van der Waals surface area contributed by atoms with Crippen molar-refractivity contribution in [2.45, 2.75) is 57.0 Å². The molecule has 2 fully saturated rings. The Kier molecular flexibility index (Phi) is 4.74. The third-order valence-corrected chi connectivity index (χ3v) is 6.94. The van der Waals surface area contributed by atoms with E-state index in [1.165, 1.54) is 5.56 Å². The molecule has 0 saturated heterocycles. The minimum absolute atomic E-state index is 0.0920. The van der Waals surface area contributed by atoms with Crippen molar-refractivity contribution in [3.63, 3.8) is 0 Å². The molecule has 26 heavy (non-hydrogen) atoms. The number of hydrogen-bond acceptors (Lipinski definition) is 5. The van der Waals surface area contributed by atoms with Crippen LogP contribution in [0.2, 0.25) is 0 Å². The summed E-state index contributed by atoms with van der Waals surface area (Å²) < 4.78 is 0. The number of aliphatic imine (C=N–C) groups is 1. The minimum atomic E-state index is -0.594. The van der Waals surface area contributed by atoms with Gasteiger partial charge in [-0.25, -0.2) is 5.43 Å². The van der Waals surface area contributed by atoms with E-state index in [1.807, 2.05) is 6.21 Å². The van der Waals surface area contributed by atoms with Crippen LogP contribution in [0.3, 0.4) is 0 Å². The number of benzene rings is 1. The van der Waals surface area contributed by atoms with Gasteiger partial charge in [-0.15, -0.1) is 0 Å². The van der Waals surface area contributed by atoms with Crippen LogP contribution in [0.1, 0.15) is 56.9 Å². The zero-order chi connectivity index (χ0) is 18.0. The number of aliphatic hydroxyl groups is 1. The normalized spacial score (nSPS) is 37.1. The van der Waals surface area contributed by atoms with Crippen molar-refractivity contribution in [1.82, 2.24) is 10.7 Å². The average molecular weight is 354 g/mol. The number of guanidine groups is 1. The fraction of sp³-hybridized carbons (Fsp3) is 0.619. The Bertz CT molecular complexity index is 689. The summed E-state index contributed by atoms with van der Waals surface area (Å²) in [4.78, 5) is 4.38. The standard InChI is InChI=1S/C21H30N4O/c1-20-10-8-17(16-6-3-2-4-7-16)14-21(20,26)11-9-18(20)15-24-25-19-22-12-5-13-23-19/h2-4,6-7,15,17-18,26H,5,8-14H2,1H3,(H2,22,23,25)/t17-,18+,20+,21-/m0/s1. The molecule has 5 nitrogen and oxygen atoms in total. The van der Waals surface area contributed by atoms with Gasteiger partial charge in [-0.2, -0.15) is 5.10 Å². The maximum Gasteiger partial charge on any atom is 0.212 e. The highest BCUT2D eigenvalue weighted by Crippen LogP contribution is 2.60. The van der Waals surface area contributed by atoms with Crippen LogP contribution in [-0.2, 0) is 0 Å². The van der Waals surface area contributed by atoms with Crippen LogP contribution in [0, 0.1) is 11.3 Å². The van der Waals surface area contributed by atoms with Crippen LogP contribution in [0.4, 0.5) is 0 Å². The summed E-state index contributed by atoms with van der Waals surface area (Å²) in [6.45, 7) is 4.06. The van der Waals surface area contributed by atoms with E-state index in [9.17, 15) is 5.11 Å². The predicted octanol–water partition coefficient (Wildman–Crippen LogP) is 3.03. The van der Waals surface area contributed by atoms with Gasteiger partial charge in [0.05, 0.1) is 5.60 Å². The fourth-order valence-corrected chi connectivity index (χ4v) is 5.13. The van der Waals surface area contributed by atoms with Gasteiger partial charge in [0.2, 0.25) is 5.96 Å². The molecule has 2 aliphatic carbocycles. The van der Waals surface area contributed by atoms with E-state index in [-0.39, 0.29) is 5.41 Å². The molecule has 140 valence electrons. The Balaban J connectivity index is 1.44. The molecule has 0 amide bonds. The number of fused-ring (bicyclic) bond motifs is 1. The lowest BCUT2D eigenvalue weighted by Gasteiger charge is -2.49. The summed E-state index contributed by atoms with van der Waals surface area (Å²) >= 11 is 0. The maximum absolute atomic E-state index is 11.5. The van der Waals surface area contributed by atoms with Crippen LogP contribution >= 0.6 is 0 Å². The van der Waals surface area contributed by atoms with Crippen molar-refractivity contribution in [2.75, 3.05) is 13.1 Å². The van der Waals surface area contributed by atoms with Gasteiger partial charge in [-0.05, 0) is 50.0 Å². The SMILES string of the molecule is C[C@]12CC[C@H](c3ccccc3)C[C@@]1(O)CC[C@@H]2C=NNC1=NCCCN1. The van der Waals surface area contributed by atoms with Crippen LogP contribution in [-0.4, -0.2) is 36.0 Å². The Morgan fingerprint density at radius 3 is 2.88 bits per heavy atom. The maximum atomic E-state index is 11.5. The molecule has 0 aromatic heterocycles. The van der Waals surface area contributed by atoms with Gasteiger partial charge in [0, 0.05) is 30.6 Å². The van der Waals surface area contributed by atoms with Crippen LogP contribution in [0.5, 0.6) is 0 Å². The van der Waals surface area contributed by atoms with Gasteiger partial charge in [0.1, 0.15) is 0 Å². The van der Waals surface area contributed by atoms with E-state index in [0.29, 0.717) is 11.8 Å². The molecule has 1 aromatic carbocycles. The van der Waals surface area contributed by atoms with E-state index >= 15 is 0 Å². The molecule has 4 rings (SSSR count). The lowest BCUT2D eigenvalue weighted by atomic mass is 9.59. The van der Waals surface area contributed by atoms with Crippen molar-refractivity contribution in [3.8, 4) is 0 Å². The molecule has 3 aliphatic rings. The van der Waals surface area contributed by atoms with Gasteiger partial charge >= 0.3 is 0 Å². The highest BCUT2D eigenvalue weighted by atomic mass is 16.3. The molecule has 0 spiro atoms. The van der Waals surface area contributed by atoms with Gasteiger partial charge in [0.15, 0.2) is 0 Å². The molecular formula is C21H30N4O. The Labute approximate surface area is 156 Å². The summed E-state index contributed by atoms with van der Waals surface area (Å²) in [5.41, 5.74) is 3.71.